The first kappa shape index (κ1) is 22.6. The molecule has 0 aromatic heterocycles. The average molecular weight is 409 g/mol. The lowest BCUT2D eigenvalue weighted by Crippen LogP contribution is -2.62. The van der Waals surface area contributed by atoms with Gasteiger partial charge in [0, 0.05) is 12.1 Å². The minimum Gasteiger partial charge on any atom is -0.468 e. The number of hydrogen-bond donors (Lipinski definition) is 5. The fourth-order valence-corrected chi connectivity index (χ4v) is 2.76. The van der Waals surface area contributed by atoms with Crippen molar-refractivity contribution in [3.63, 3.8) is 0 Å². The van der Waals surface area contributed by atoms with Gasteiger partial charge in [-0.3, -0.25) is 14.9 Å². The predicted molar refractivity (Wildman–Crippen MR) is 104 cm³/mol. The van der Waals surface area contributed by atoms with Gasteiger partial charge in [-0.1, -0.05) is 38.0 Å². The molecule has 2 rings (SSSR count). The molecule has 1 aliphatic heterocycles. The van der Waals surface area contributed by atoms with Crippen LogP contribution in [0.1, 0.15) is 32.6 Å². The topological polar surface area (TPSA) is 150 Å². The first-order valence-corrected chi connectivity index (χ1v) is 9.50. The number of aliphatic hydroxyl groups excluding tert-OH is 3. The number of anilines is 1. The average Bonchev–Trinajstić information content (AvgIpc) is 2.72. The zero-order chi connectivity index (χ0) is 21.2. The van der Waals surface area contributed by atoms with Gasteiger partial charge in [0.1, 0.15) is 18.2 Å². The maximum Gasteiger partial charge on any atom is 0.437 e. The van der Waals surface area contributed by atoms with E-state index in [9.17, 15) is 24.9 Å². The normalized spacial score (nSPS) is 25.2. The molecule has 5 N–H and O–H groups in total. The molecule has 0 aliphatic carbocycles. The van der Waals surface area contributed by atoms with Crippen molar-refractivity contribution in [2.45, 2.75) is 57.0 Å². The second-order valence-electron chi connectivity index (χ2n) is 6.62. The van der Waals surface area contributed by atoms with E-state index in [-0.39, 0.29) is 18.2 Å². The largest absolute Gasteiger partial charge is 0.468 e. The summed E-state index contributed by atoms with van der Waals surface area (Å²) in [6.07, 6.45) is -2.37. The quantitative estimate of drug-likeness (QED) is 0.241. The van der Waals surface area contributed by atoms with Crippen LogP contribution >= 0.6 is 0 Å². The van der Waals surface area contributed by atoms with E-state index in [0.717, 1.165) is 12.8 Å². The summed E-state index contributed by atoms with van der Waals surface area (Å²) in [4.78, 5) is 28.8. The summed E-state index contributed by atoms with van der Waals surface area (Å²) in [6.45, 7) is 1.40. The zero-order valence-corrected chi connectivity index (χ0v) is 16.2. The number of carbonyl (C=O) groups is 2. The molecular formula is C19H27N3O7. The Morgan fingerprint density at radius 1 is 1.17 bits per heavy atom. The van der Waals surface area contributed by atoms with Gasteiger partial charge in [-0.15, -0.1) is 0 Å². The van der Waals surface area contributed by atoms with Gasteiger partial charge in [-0.25, -0.2) is 4.79 Å². The number of hydrogen-bond acceptors (Lipinski definition) is 8. The van der Waals surface area contributed by atoms with Crippen molar-refractivity contribution in [3.05, 3.63) is 30.3 Å². The first-order valence-electron chi connectivity index (χ1n) is 9.50. The molecule has 1 aromatic carbocycles. The molecule has 1 aliphatic rings. The van der Waals surface area contributed by atoms with Crippen molar-refractivity contribution >= 4 is 23.6 Å². The van der Waals surface area contributed by atoms with Crippen molar-refractivity contribution < 1.29 is 34.5 Å². The number of ether oxygens (including phenoxy) is 1. The van der Waals surface area contributed by atoms with Crippen LogP contribution in [0.3, 0.4) is 0 Å². The van der Waals surface area contributed by atoms with Crippen LogP contribution in [0.4, 0.5) is 10.5 Å². The van der Waals surface area contributed by atoms with Gasteiger partial charge in [0.15, 0.2) is 6.10 Å². The molecule has 29 heavy (non-hydrogen) atoms. The number of benzene rings is 1. The van der Waals surface area contributed by atoms with Crippen molar-refractivity contribution in [2.75, 3.05) is 11.9 Å². The Bertz CT molecular complexity index is 698. The summed E-state index contributed by atoms with van der Waals surface area (Å²) < 4.78 is 5.33. The molecule has 1 heterocycles. The number of oxime groups is 1. The van der Waals surface area contributed by atoms with Crippen molar-refractivity contribution in [1.82, 2.24) is 5.32 Å². The van der Waals surface area contributed by atoms with Crippen LogP contribution in [0, 0.1) is 0 Å². The van der Waals surface area contributed by atoms with E-state index in [0.29, 0.717) is 12.1 Å². The van der Waals surface area contributed by atoms with E-state index in [1.165, 1.54) is 0 Å². The minimum absolute atomic E-state index is 0.221. The molecule has 0 saturated carbocycles. The highest BCUT2D eigenvalue weighted by molar-refractivity contribution is 5.90. The summed E-state index contributed by atoms with van der Waals surface area (Å²) in [5.74, 6) is -0.698. The Balaban J connectivity index is 2.06. The van der Waals surface area contributed by atoms with Crippen LogP contribution in [0.25, 0.3) is 0 Å². The summed E-state index contributed by atoms with van der Waals surface area (Å²) in [7, 11) is 0. The van der Waals surface area contributed by atoms with Crippen LogP contribution in [-0.4, -0.2) is 64.2 Å². The minimum atomic E-state index is -1.50. The molecule has 1 aromatic rings. The van der Waals surface area contributed by atoms with E-state index in [4.69, 9.17) is 9.57 Å². The van der Waals surface area contributed by atoms with Crippen molar-refractivity contribution in [2.24, 2.45) is 5.16 Å². The fourth-order valence-electron chi connectivity index (χ4n) is 2.76. The second kappa shape index (κ2) is 11.3. The highest BCUT2D eigenvalue weighted by Gasteiger charge is 2.44. The molecule has 0 bridgehead atoms. The molecule has 1 fully saturated rings. The Morgan fingerprint density at radius 2 is 1.90 bits per heavy atom. The molecule has 0 radical (unpaired) electrons. The van der Waals surface area contributed by atoms with Gasteiger partial charge in [0.25, 0.3) is 5.90 Å². The second-order valence-corrected chi connectivity index (χ2v) is 6.62. The highest BCUT2D eigenvalue weighted by atomic mass is 16.7. The molecule has 10 heteroatoms. The van der Waals surface area contributed by atoms with E-state index < -0.39 is 37.1 Å². The van der Waals surface area contributed by atoms with Gasteiger partial charge in [0.05, 0.1) is 6.61 Å². The zero-order valence-electron chi connectivity index (χ0n) is 16.2. The van der Waals surface area contributed by atoms with Crippen molar-refractivity contribution in [3.8, 4) is 0 Å². The van der Waals surface area contributed by atoms with Crippen LogP contribution in [0.5, 0.6) is 0 Å². The van der Waals surface area contributed by atoms with E-state index in [1.807, 2.05) is 6.92 Å². The summed E-state index contributed by atoms with van der Waals surface area (Å²) >= 11 is 0. The number of carbonyl (C=O) groups excluding carboxylic acids is 2. The van der Waals surface area contributed by atoms with E-state index >= 15 is 0 Å². The summed E-state index contributed by atoms with van der Waals surface area (Å²) in [5.41, 5.74) is 0.478. The fraction of sp³-hybridized carbons (Fsp3) is 0.526. The van der Waals surface area contributed by atoms with Crippen LogP contribution in [0.2, 0.25) is 0 Å². The van der Waals surface area contributed by atoms with Crippen molar-refractivity contribution in [1.29, 1.82) is 0 Å². The maximum atomic E-state index is 12.1. The van der Waals surface area contributed by atoms with Crippen LogP contribution in [-0.2, 0) is 14.4 Å². The molecule has 10 nitrogen and oxygen atoms in total. The standard InChI is InChI=1S/C19H27N3O7/c1-2-3-5-10-14(24)21-15-17(26)16(25)13(11-23)28-18(15)22-29-19(27)20-12-8-6-4-7-9-12/h4,6-9,13,15-17,23,25-26H,2-3,5,10-11H2,1H3,(H,20,27)(H,21,24)/t13-,15-,16-,17-/m1/s1. The number of amides is 2. The maximum absolute atomic E-state index is 12.1. The van der Waals surface area contributed by atoms with Gasteiger partial charge >= 0.3 is 6.09 Å². The lowest BCUT2D eigenvalue weighted by atomic mass is 9.97. The third-order valence-corrected chi connectivity index (χ3v) is 4.35. The Labute approximate surface area is 168 Å². The van der Waals surface area contributed by atoms with E-state index in [1.54, 1.807) is 30.3 Å². The molecule has 0 spiro atoms. The third-order valence-electron chi connectivity index (χ3n) is 4.35. The lowest BCUT2D eigenvalue weighted by molar-refractivity contribution is -0.128. The van der Waals surface area contributed by atoms with Gasteiger partial charge in [-0.05, 0) is 23.7 Å². The predicted octanol–water partition coefficient (Wildman–Crippen LogP) is 0.727. The third kappa shape index (κ3) is 6.70. The number of nitrogens with one attached hydrogen (secondary N) is 2. The Kier molecular flexibility index (Phi) is 8.84. The van der Waals surface area contributed by atoms with E-state index in [2.05, 4.69) is 15.8 Å². The number of nitrogens with zero attached hydrogens (tertiary/aromatic N) is 1. The van der Waals surface area contributed by atoms with Gasteiger partial charge < -0.3 is 25.4 Å². The molecule has 2 amide bonds. The van der Waals surface area contributed by atoms with Crippen LogP contribution in [0.15, 0.2) is 35.5 Å². The SMILES string of the molecule is CCCCCC(=O)N[C@H]1C(=NOC(=O)Nc2ccccc2)O[C@H](CO)[C@@H](O)[C@@H]1O. The smallest absolute Gasteiger partial charge is 0.437 e. The van der Waals surface area contributed by atoms with Crippen LogP contribution < -0.4 is 10.6 Å². The number of para-hydroxylation sites is 1. The summed E-state index contributed by atoms with van der Waals surface area (Å²) in [6, 6.07) is 7.28. The first-order chi connectivity index (χ1) is 14.0. The molecule has 1 saturated heterocycles. The Morgan fingerprint density at radius 3 is 2.55 bits per heavy atom. The number of rotatable bonds is 8. The van der Waals surface area contributed by atoms with Gasteiger partial charge in [0.2, 0.25) is 5.91 Å². The summed E-state index contributed by atoms with van der Waals surface area (Å²) in [5, 5.41) is 38.3. The molecule has 160 valence electrons. The molecule has 0 unspecified atom stereocenters. The lowest BCUT2D eigenvalue weighted by Gasteiger charge is -2.37. The monoisotopic (exact) mass is 409 g/mol. The molecular weight excluding hydrogens is 382 g/mol. The number of unbranched alkanes of at least 4 members (excludes halogenated alkanes) is 2. The van der Waals surface area contributed by atoms with Gasteiger partial charge in [-0.2, -0.15) is 0 Å². The Hall–Kier alpha value is -2.69. The number of aliphatic hydroxyl groups is 3. The highest BCUT2D eigenvalue weighted by Crippen LogP contribution is 2.18. The molecule has 4 atom stereocenters.